The summed E-state index contributed by atoms with van der Waals surface area (Å²) >= 11 is 0. The number of nitrogens with zero attached hydrogens (tertiary/aromatic N) is 1. The van der Waals surface area contributed by atoms with Gasteiger partial charge < -0.3 is 15.3 Å². The van der Waals surface area contributed by atoms with Gasteiger partial charge in [0.15, 0.2) is 0 Å². The molecule has 3 nitrogen and oxygen atoms in total. The fourth-order valence-corrected chi connectivity index (χ4v) is 2.74. The Morgan fingerprint density at radius 2 is 1.89 bits per heavy atom. The molecule has 3 heteroatoms. The molecule has 2 N–H and O–H groups in total. The number of hydrogen-bond acceptors (Lipinski definition) is 3. The Morgan fingerprint density at radius 3 is 2.53 bits per heavy atom. The minimum absolute atomic E-state index is 0.335. The van der Waals surface area contributed by atoms with Gasteiger partial charge in [0, 0.05) is 6.04 Å². The first-order valence-electron chi connectivity index (χ1n) is 7.36. The van der Waals surface area contributed by atoms with Crippen LogP contribution in [-0.4, -0.2) is 36.7 Å². The Morgan fingerprint density at radius 1 is 1.26 bits per heavy atom. The van der Waals surface area contributed by atoms with Crippen molar-refractivity contribution in [2.45, 2.75) is 32.2 Å². The minimum Gasteiger partial charge on any atom is -0.508 e. The first-order valence-corrected chi connectivity index (χ1v) is 7.36. The maximum Gasteiger partial charge on any atom is 0.115 e. The van der Waals surface area contributed by atoms with Crippen LogP contribution in [0.5, 0.6) is 5.75 Å². The molecule has 0 amide bonds. The van der Waals surface area contributed by atoms with Crippen molar-refractivity contribution >= 4 is 0 Å². The largest absolute Gasteiger partial charge is 0.508 e. The lowest BCUT2D eigenvalue weighted by molar-refractivity contribution is 0.211. The summed E-state index contributed by atoms with van der Waals surface area (Å²) in [6.07, 6.45) is 3.95. The normalized spacial score (nSPS) is 19.5. The van der Waals surface area contributed by atoms with Gasteiger partial charge in [-0.15, -0.1) is 0 Å². The van der Waals surface area contributed by atoms with Crippen LogP contribution >= 0.6 is 0 Å². The van der Waals surface area contributed by atoms with Crippen LogP contribution in [-0.2, 0) is 0 Å². The van der Waals surface area contributed by atoms with Crippen molar-refractivity contribution in [3.8, 4) is 5.75 Å². The highest BCUT2D eigenvalue weighted by molar-refractivity contribution is 5.27. The van der Waals surface area contributed by atoms with Crippen molar-refractivity contribution in [3.05, 3.63) is 29.8 Å². The van der Waals surface area contributed by atoms with Crippen molar-refractivity contribution in [3.63, 3.8) is 0 Å². The number of piperidine rings is 1. The molecule has 106 valence electrons. The van der Waals surface area contributed by atoms with Gasteiger partial charge in [0.05, 0.1) is 0 Å². The van der Waals surface area contributed by atoms with Gasteiger partial charge in [-0.3, -0.25) is 0 Å². The molecule has 0 bridgehead atoms. The molecule has 1 atom stereocenters. The average Bonchev–Trinajstić information content (AvgIpc) is 2.41. The molecule has 1 heterocycles. The predicted octanol–water partition coefficient (Wildman–Crippen LogP) is 2.77. The van der Waals surface area contributed by atoms with Crippen LogP contribution in [0, 0.1) is 5.92 Å². The van der Waals surface area contributed by atoms with E-state index in [0.717, 1.165) is 12.5 Å². The number of phenols is 1. The van der Waals surface area contributed by atoms with Gasteiger partial charge in [0.2, 0.25) is 0 Å². The monoisotopic (exact) mass is 262 g/mol. The van der Waals surface area contributed by atoms with Gasteiger partial charge in [0.25, 0.3) is 0 Å². The average molecular weight is 262 g/mol. The third-order valence-electron chi connectivity index (χ3n) is 4.23. The van der Waals surface area contributed by atoms with E-state index in [0.29, 0.717) is 11.8 Å². The van der Waals surface area contributed by atoms with E-state index in [4.69, 9.17) is 0 Å². The number of rotatable bonds is 5. The molecular formula is C16H26N2O. The molecule has 1 aromatic rings. The topological polar surface area (TPSA) is 35.5 Å². The second-order valence-electron chi connectivity index (χ2n) is 5.80. The van der Waals surface area contributed by atoms with E-state index in [1.54, 1.807) is 12.1 Å². The molecule has 1 aliphatic heterocycles. The number of phenolic OH excluding ortho intramolecular Hbond substituents is 1. The summed E-state index contributed by atoms with van der Waals surface area (Å²) in [6.45, 7) is 5.76. The van der Waals surface area contributed by atoms with Crippen LogP contribution in [0.3, 0.4) is 0 Å². The van der Waals surface area contributed by atoms with Crippen molar-refractivity contribution in [1.29, 1.82) is 0 Å². The molecule has 1 fully saturated rings. The smallest absolute Gasteiger partial charge is 0.115 e. The lowest BCUT2D eigenvalue weighted by atomic mass is 9.93. The first-order chi connectivity index (χ1) is 9.15. The van der Waals surface area contributed by atoms with Crippen LogP contribution in [0.2, 0.25) is 0 Å². The highest BCUT2D eigenvalue weighted by Crippen LogP contribution is 2.20. The lowest BCUT2D eigenvalue weighted by Crippen LogP contribution is -2.32. The summed E-state index contributed by atoms with van der Waals surface area (Å²) < 4.78 is 0. The zero-order chi connectivity index (χ0) is 13.7. The fourth-order valence-electron chi connectivity index (χ4n) is 2.74. The minimum atomic E-state index is 0.335. The quantitative estimate of drug-likeness (QED) is 0.856. The molecule has 1 unspecified atom stereocenters. The van der Waals surface area contributed by atoms with E-state index >= 15 is 0 Å². The Kier molecular flexibility index (Phi) is 5.23. The summed E-state index contributed by atoms with van der Waals surface area (Å²) in [5.74, 6) is 1.22. The number of nitrogens with one attached hydrogen (secondary N) is 1. The van der Waals surface area contributed by atoms with Crippen molar-refractivity contribution < 1.29 is 5.11 Å². The summed E-state index contributed by atoms with van der Waals surface area (Å²) in [5, 5.41) is 12.9. The van der Waals surface area contributed by atoms with E-state index in [1.165, 1.54) is 37.9 Å². The number of benzene rings is 1. The zero-order valence-corrected chi connectivity index (χ0v) is 12.1. The van der Waals surface area contributed by atoms with Crippen molar-refractivity contribution in [1.82, 2.24) is 10.2 Å². The Hall–Kier alpha value is -1.06. The van der Waals surface area contributed by atoms with Crippen LogP contribution in [0.15, 0.2) is 24.3 Å². The molecule has 0 saturated carbocycles. The summed E-state index contributed by atoms with van der Waals surface area (Å²) in [5.41, 5.74) is 1.24. The molecule has 19 heavy (non-hydrogen) atoms. The van der Waals surface area contributed by atoms with Gasteiger partial charge in [0.1, 0.15) is 5.75 Å². The maximum atomic E-state index is 9.28. The highest BCUT2D eigenvalue weighted by Gasteiger charge is 2.16. The molecule has 1 aromatic carbocycles. The molecule has 1 saturated heterocycles. The van der Waals surface area contributed by atoms with Gasteiger partial charge >= 0.3 is 0 Å². The van der Waals surface area contributed by atoms with E-state index < -0.39 is 0 Å². The van der Waals surface area contributed by atoms with Crippen LogP contribution < -0.4 is 5.32 Å². The third-order valence-corrected chi connectivity index (χ3v) is 4.23. The van der Waals surface area contributed by atoms with Crippen molar-refractivity contribution in [2.24, 2.45) is 5.92 Å². The number of hydrogen-bond donors (Lipinski definition) is 2. The predicted molar refractivity (Wildman–Crippen MR) is 79.4 cm³/mol. The fraction of sp³-hybridized carbons (Fsp3) is 0.625. The molecular weight excluding hydrogens is 236 g/mol. The molecule has 1 aliphatic rings. The van der Waals surface area contributed by atoms with E-state index in [2.05, 4.69) is 24.2 Å². The van der Waals surface area contributed by atoms with Gasteiger partial charge in [-0.2, -0.15) is 0 Å². The first kappa shape index (κ1) is 14.4. The number of aromatic hydroxyl groups is 1. The van der Waals surface area contributed by atoms with Crippen LogP contribution in [0.4, 0.5) is 0 Å². The Balaban J connectivity index is 1.69. The molecule has 0 radical (unpaired) electrons. The molecule has 2 rings (SSSR count). The Labute approximate surface area is 116 Å². The summed E-state index contributed by atoms with van der Waals surface area (Å²) in [6, 6.07) is 7.84. The molecule has 0 aromatic heterocycles. The van der Waals surface area contributed by atoms with E-state index in [9.17, 15) is 5.11 Å². The van der Waals surface area contributed by atoms with Crippen molar-refractivity contribution in [2.75, 3.05) is 26.7 Å². The second kappa shape index (κ2) is 6.92. The summed E-state index contributed by atoms with van der Waals surface area (Å²) in [7, 11) is 2.21. The molecule has 0 aliphatic carbocycles. The number of likely N-dealkylation sites (tertiary alicyclic amines) is 1. The van der Waals surface area contributed by atoms with Crippen LogP contribution in [0.1, 0.15) is 37.8 Å². The van der Waals surface area contributed by atoms with Gasteiger partial charge in [-0.05, 0) is 76.5 Å². The molecule has 0 spiro atoms. The van der Waals surface area contributed by atoms with Gasteiger partial charge in [-0.1, -0.05) is 12.1 Å². The second-order valence-corrected chi connectivity index (χ2v) is 5.80. The van der Waals surface area contributed by atoms with Crippen LogP contribution in [0.25, 0.3) is 0 Å². The zero-order valence-electron chi connectivity index (χ0n) is 12.1. The lowest BCUT2D eigenvalue weighted by Gasteiger charge is -2.29. The highest BCUT2D eigenvalue weighted by atomic mass is 16.3. The van der Waals surface area contributed by atoms with Gasteiger partial charge in [-0.25, -0.2) is 0 Å². The van der Waals surface area contributed by atoms with E-state index in [-0.39, 0.29) is 0 Å². The SMILES string of the molecule is CC(NCCC1CCN(C)CC1)c1ccc(O)cc1. The standard InChI is InChI=1S/C16H26N2O/c1-13(15-3-5-16(19)6-4-15)17-10-7-14-8-11-18(2)12-9-14/h3-6,13-14,17,19H,7-12H2,1-2H3. The van der Waals surface area contributed by atoms with E-state index in [1.807, 2.05) is 12.1 Å². The maximum absolute atomic E-state index is 9.28. The Bertz CT molecular complexity index is 369. The third kappa shape index (κ3) is 4.51. The summed E-state index contributed by atoms with van der Waals surface area (Å²) in [4.78, 5) is 2.42.